The van der Waals surface area contributed by atoms with Crippen LogP contribution in [0.4, 0.5) is 10.1 Å². The van der Waals surface area contributed by atoms with E-state index in [1.54, 1.807) is 12.1 Å². The molecule has 0 aliphatic rings. The highest BCUT2D eigenvalue weighted by molar-refractivity contribution is 6.37. The van der Waals surface area contributed by atoms with Gasteiger partial charge in [-0.25, -0.2) is 4.39 Å². The van der Waals surface area contributed by atoms with E-state index in [0.717, 1.165) is 25.7 Å². The summed E-state index contributed by atoms with van der Waals surface area (Å²) in [4.78, 5) is 12.3. The van der Waals surface area contributed by atoms with Gasteiger partial charge in [0, 0.05) is 5.69 Å². The SMILES string of the molecule is CCCCCCOc1c(Cl)cc(/C=C(\C#N)C(=O)Nc2ccc(F)cc2)cc1Cl. The number of carbonyl (C=O) groups excluding carboxylic acids is 1. The number of carbonyl (C=O) groups is 1. The van der Waals surface area contributed by atoms with Crippen molar-refractivity contribution < 1.29 is 13.9 Å². The predicted octanol–water partition coefficient (Wildman–Crippen LogP) is 6.64. The molecule has 0 aromatic heterocycles. The van der Waals surface area contributed by atoms with E-state index in [1.807, 2.05) is 6.07 Å². The summed E-state index contributed by atoms with van der Waals surface area (Å²) in [6.07, 6.45) is 5.64. The van der Waals surface area contributed by atoms with Crippen LogP contribution in [0.3, 0.4) is 0 Å². The second-order valence-corrected chi connectivity index (χ2v) is 7.17. The van der Waals surface area contributed by atoms with E-state index in [-0.39, 0.29) is 5.57 Å². The number of amides is 1. The van der Waals surface area contributed by atoms with Crippen LogP contribution in [0.2, 0.25) is 10.0 Å². The predicted molar refractivity (Wildman–Crippen MR) is 115 cm³/mol. The fraction of sp³-hybridized carbons (Fsp3) is 0.273. The molecule has 0 saturated heterocycles. The first-order chi connectivity index (χ1) is 13.9. The van der Waals surface area contributed by atoms with Crippen molar-refractivity contribution in [2.45, 2.75) is 32.6 Å². The number of unbranched alkanes of at least 4 members (excludes halogenated alkanes) is 3. The van der Waals surface area contributed by atoms with Gasteiger partial charge in [0.1, 0.15) is 17.5 Å². The summed E-state index contributed by atoms with van der Waals surface area (Å²) < 4.78 is 18.6. The molecular weight excluding hydrogens is 414 g/mol. The molecule has 2 rings (SSSR count). The molecule has 0 atom stereocenters. The van der Waals surface area contributed by atoms with Gasteiger partial charge in [-0.15, -0.1) is 0 Å². The highest BCUT2D eigenvalue weighted by Gasteiger charge is 2.13. The number of nitrogens with one attached hydrogen (secondary N) is 1. The maximum absolute atomic E-state index is 13.0. The van der Waals surface area contributed by atoms with Gasteiger partial charge in [0.2, 0.25) is 0 Å². The topological polar surface area (TPSA) is 62.1 Å². The Hall–Kier alpha value is -2.55. The minimum atomic E-state index is -0.623. The Morgan fingerprint density at radius 3 is 2.41 bits per heavy atom. The van der Waals surface area contributed by atoms with E-state index < -0.39 is 11.7 Å². The third kappa shape index (κ3) is 7.08. The van der Waals surface area contributed by atoms with Crippen LogP contribution in [-0.4, -0.2) is 12.5 Å². The zero-order valence-corrected chi connectivity index (χ0v) is 17.5. The highest BCUT2D eigenvalue weighted by atomic mass is 35.5. The zero-order chi connectivity index (χ0) is 21.2. The molecule has 2 aromatic carbocycles. The lowest BCUT2D eigenvalue weighted by molar-refractivity contribution is -0.112. The van der Waals surface area contributed by atoms with Gasteiger partial charge >= 0.3 is 0 Å². The van der Waals surface area contributed by atoms with Gasteiger partial charge in [0.25, 0.3) is 5.91 Å². The summed E-state index contributed by atoms with van der Waals surface area (Å²) in [7, 11) is 0. The molecule has 0 radical (unpaired) electrons. The fourth-order valence-corrected chi connectivity index (χ4v) is 3.16. The molecule has 0 saturated carbocycles. The molecule has 0 spiro atoms. The van der Waals surface area contributed by atoms with Gasteiger partial charge in [0.05, 0.1) is 16.7 Å². The average molecular weight is 435 g/mol. The van der Waals surface area contributed by atoms with Gasteiger partial charge in [0.15, 0.2) is 5.75 Å². The van der Waals surface area contributed by atoms with Gasteiger partial charge < -0.3 is 10.1 Å². The van der Waals surface area contributed by atoms with Gasteiger partial charge in [-0.3, -0.25) is 4.79 Å². The number of halogens is 3. The number of hydrogen-bond donors (Lipinski definition) is 1. The number of ether oxygens (including phenoxy) is 1. The normalized spacial score (nSPS) is 11.1. The molecule has 1 amide bonds. The van der Waals surface area contributed by atoms with Crippen LogP contribution in [0, 0.1) is 17.1 Å². The third-order valence-electron chi connectivity index (χ3n) is 4.04. The van der Waals surface area contributed by atoms with E-state index in [0.29, 0.717) is 33.7 Å². The molecule has 0 unspecified atom stereocenters. The molecule has 2 aromatic rings. The third-order valence-corrected chi connectivity index (χ3v) is 4.60. The number of hydrogen-bond acceptors (Lipinski definition) is 3. The summed E-state index contributed by atoms with van der Waals surface area (Å²) in [6, 6.07) is 10.2. The maximum Gasteiger partial charge on any atom is 0.266 e. The minimum absolute atomic E-state index is 0.144. The lowest BCUT2D eigenvalue weighted by atomic mass is 10.1. The quantitative estimate of drug-likeness (QED) is 0.273. The average Bonchev–Trinajstić information content (AvgIpc) is 2.69. The number of nitrogens with zero attached hydrogens (tertiary/aromatic N) is 1. The van der Waals surface area contributed by atoms with Crippen LogP contribution in [0.15, 0.2) is 42.0 Å². The van der Waals surface area contributed by atoms with Crippen molar-refractivity contribution in [2.75, 3.05) is 11.9 Å². The van der Waals surface area contributed by atoms with Gasteiger partial charge in [-0.05, 0) is 54.5 Å². The van der Waals surface area contributed by atoms with Gasteiger partial charge in [-0.1, -0.05) is 49.4 Å². The lowest BCUT2D eigenvalue weighted by Crippen LogP contribution is -2.13. The van der Waals surface area contributed by atoms with Crippen LogP contribution in [0.1, 0.15) is 38.2 Å². The Morgan fingerprint density at radius 2 is 1.83 bits per heavy atom. The number of anilines is 1. The van der Waals surface area contributed by atoms with Crippen LogP contribution in [-0.2, 0) is 4.79 Å². The van der Waals surface area contributed by atoms with Gasteiger partial charge in [-0.2, -0.15) is 5.26 Å². The fourth-order valence-electron chi connectivity index (χ4n) is 2.55. The van der Waals surface area contributed by atoms with Crippen molar-refractivity contribution in [3.63, 3.8) is 0 Å². The molecule has 152 valence electrons. The monoisotopic (exact) mass is 434 g/mol. The van der Waals surface area contributed by atoms with E-state index in [4.69, 9.17) is 27.9 Å². The summed E-state index contributed by atoms with van der Waals surface area (Å²) in [5.74, 6) is -0.658. The Morgan fingerprint density at radius 1 is 1.17 bits per heavy atom. The van der Waals surface area contributed by atoms with Crippen molar-refractivity contribution >= 4 is 40.9 Å². The first-order valence-electron chi connectivity index (χ1n) is 9.25. The number of rotatable bonds is 9. The molecule has 0 heterocycles. The smallest absolute Gasteiger partial charge is 0.266 e. The molecule has 4 nitrogen and oxygen atoms in total. The molecule has 29 heavy (non-hydrogen) atoms. The molecule has 7 heteroatoms. The second kappa shape index (κ2) is 11.5. The molecule has 0 aliphatic heterocycles. The molecule has 0 fully saturated rings. The maximum atomic E-state index is 13.0. The largest absolute Gasteiger partial charge is 0.490 e. The van der Waals surface area contributed by atoms with Crippen molar-refractivity contribution in [1.29, 1.82) is 5.26 Å². The van der Waals surface area contributed by atoms with Crippen LogP contribution in [0.25, 0.3) is 6.08 Å². The van der Waals surface area contributed by atoms with Crippen molar-refractivity contribution in [2.24, 2.45) is 0 Å². The van der Waals surface area contributed by atoms with E-state index in [2.05, 4.69) is 12.2 Å². The van der Waals surface area contributed by atoms with E-state index in [1.165, 1.54) is 30.3 Å². The zero-order valence-electron chi connectivity index (χ0n) is 16.0. The Bertz CT molecular complexity index is 898. The van der Waals surface area contributed by atoms with Crippen molar-refractivity contribution in [3.05, 3.63) is 63.4 Å². The van der Waals surface area contributed by atoms with Crippen molar-refractivity contribution in [3.8, 4) is 11.8 Å². The molecule has 0 aliphatic carbocycles. The standard InChI is InChI=1S/C22H21Cl2FN2O2/c1-2-3-4-5-10-29-21-19(23)12-15(13-20(21)24)11-16(14-26)22(28)27-18-8-6-17(25)7-9-18/h6-9,11-13H,2-5,10H2,1H3,(H,27,28)/b16-11+. The Balaban J connectivity index is 2.11. The van der Waals surface area contributed by atoms with E-state index in [9.17, 15) is 14.4 Å². The Kier molecular flexibility index (Phi) is 8.98. The summed E-state index contributed by atoms with van der Waals surface area (Å²) in [5.41, 5.74) is 0.722. The first kappa shape index (κ1) is 22.7. The molecule has 1 N–H and O–H groups in total. The number of benzene rings is 2. The van der Waals surface area contributed by atoms with Crippen LogP contribution < -0.4 is 10.1 Å². The number of nitriles is 1. The summed E-state index contributed by atoms with van der Waals surface area (Å²) >= 11 is 12.5. The van der Waals surface area contributed by atoms with Crippen LogP contribution in [0.5, 0.6) is 5.75 Å². The second-order valence-electron chi connectivity index (χ2n) is 6.35. The summed E-state index contributed by atoms with van der Waals surface area (Å²) in [5, 5.41) is 12.5. The van der Waals surface area contributed by atoms with E-state index >= 15 is 0 Å². The highest BCUT2D eigenvalue weighted by Crippen LogP contribution is 2.35. The molecule has 0 bridgehead atoms. The first-order valence-corrected chi connectivity index (χ1v) is 10.0. The minimum Gasteiger partial charge on any atom is -0.490 e. The van der Waals surface area contributed by atoms with Crippen LogP contribution >= 0.6 is 23.2 Å². The Labute approximate surface area is 179 Å². The lowest BCUT2D eigenvalue weighted by Gasteiger charge is -2.11. The van der Waals surface area contributed by atoms with Crippen molar-refractivity contribution in [1.82, 2.24) is 0 Å². The summed E-state index contributed by atoms with van der Waals surface area (Å²) in [6.45, 7) is 2.65. The molecular formula is C22H21Cl2FN2O2.